The van der Waals surface area contributed by atoms with Gasteiger partial charge in [0.15, 0.2) is 0 Å². The smallest absolute Gasteiger partial charge is 0.224 e. The van der Waals surface area contributed by atoms with Gasteiger partial charge in [-0.15, -0.1) is 11.3 Å². The maximum atomic E-state index is 11.8. The van der Waals surface area contributed by atoms with Gasteiger partial charge in [0.1, 0.15) is 11.3 Å². The minimum absolute atomic E-state index is 0.0551. The number of pyridine rings is 3. The summed E-state index contributed by atoms with van der Waals surface area (Å²) in [4.78, 5) is 37.1. The number of amides is 1. The molecule has 36 heavy (non-hydrogen) atoms. The molecule has 5 aromatic heterocycles. The van der Waals surface area contributed by atoms with Gasteiger partial charge in [-0.1, -0.05) is 19.1 Å². The van der Waals surface area contributed by atoms with Crippen LogP contribution in [0, 0.1) is 0 Å². The first-order valence-corrected chi connectivity index (χ1v) is 12.5. The maximum absolute atomic E-state index is 11.8. The van der Waals surface area contributed by atoms with Crippen LogP contribution in [0.5, 0.6) is 0 Å². The molecule has 0 aliphatic carbocycles. The van der Waals surface area contributed by atoms with E-state index >= 15 is 0 Å². The van der Waals surface area contributed by atoms with E-state index in [9.17, 15) is 4.79 Å². The van der Waals surface area contributed by atoms with Crippen LogP contribution in [-0.2, 0) is 4.79 Å². The number of rotatable bonds is 5. The Morgan fingerprint density at radius 1 is 1.14 bits per heavy atom. The lowest BCUT2D eigenvalue weighted by atomic mass is 9.98. The van der Waals surface area contributed by atoms with E-state index in [1.165, 1.54) is 0 Å². The molecule has 2 N–H and O–H groups in total. The summed E-state index contributed by atoms with van der Waals surface area (Å²) in [6.07, 6.45) is 11.6. The average Bonchev–Trinajstić information content (AvgIpc) is 3.59. The number of thiophene rings is 1. The van der Waals surface area contributed by atoms with Gasteiger partial charge in [-0.05, 0) is 23.6 Å². The van der Waals surface area contributed by atoms with Crippen LogP contribution < -0.4 is 10.2 Å². The summed E-state index contributed by atoms with van der Waals surface area (Å²) in [5.41, 5.74) is 8.14. The third-order valence-electron chi connectivity index (χ3n) is 6.23. The predicted molar refractivity (Wildman–Crippen MR) is 144 cm³/mol. The number of imidazole rings is 1. The molecule has 6 heterocycles. The first-order valence-electron chi connectivity index (χ1n) is 11.7. The Balaban J connectivity index is 1.43. The fourth-order valence-electron chi connectivity index (χ4n) is 4.36. The summed E-state index contributed by atoms with van der Waals surface area (Å²) in [6.45, 7) is 2.57. The molecule has 0 saturated heterocycles. The second-order valence-electron chi connectivity index (χ2n) is 8.59. The van der Waals surface area contributed by atoms with Crippen LogP contribution in [0.15, 0.2) is 66.7 Å². The molecule has 0 aromatic carbocycles. The summed E-state index contributed by atoms with van der Waals surface area (Å²) in [7, 11) is 2.05. The zero-order valence-electron chi connectivity index (χ0n) is 19.8. The minimum Gasteiger partial charge on any atom is -0.369 e. The predicted octanol–water partition coefficient (Wildman–Crippen LogP) is 5.37. The van der Waals surface area contributed by atoms with Gasteiger partial charge >= 0.3 is 0 Å². The quantitative estimate of drug-likeness (QED) is 0.341. The third kappa shape index (κ3) is 3.93. The summed E-state index contributed by atoms with van der Waals surface area (Å²) in [5.74, 6) is 0.741. The van der Waals surface area contributed by atoms with Gasteiger partial charge in [-0.3, -0.25) is 19.7 Å². The van der Waals surface area contributed by atoms with Crippen molar-refractivity contribution in [3.05, 3.63) is 78.1 Å². The first-order chi connectivity index (χ1) is 17.6. The van der Waals surface area contributed by atoms with Crippen molar-refractivity contribution in [1.29, 1.82) is 0 Å². The SMILES string of the molecule is CCC(=O)Nc1cncc(-c2cc3c(cn2)N(C)CC=C3c2nc3c(-c4cccs4)cncc3[nH]2)c1. The van der Waals surface area contributed by atoms with Crippen molar-refractivity contribution in [3.63, 3.8) is 0 Å². The first kappa shape index (κ1) is 22.1. The molecule has 0 radical (unpaired) electrons. The number of anilines is 2. The molecule has 8 nitrogen and oxygen atoms in total. The highest BCUT2D eigenvalue weighted by molar-refractivity contribution is 7.13. The lowest BCUT2D eigenvalue weighted by Crippen LogP contribution is -2.22. The molecule has 0 saturated carbocycles. The van der Waals surface area contributed by atoms with Crippen LogP contribution in [0.3, 0.4) is 0 Å². The standard InChI is InChI=1S/C27H23N7OS/c1-3-25(35)31-17-9-16(11-28-12-17)21-10-19-18(6-7-34(2)23(19)15-30-21)27-32-22-14-29-13-20(26(22)33-27)24-5-4-8-36-24/h4-6,8-15H,3,7H2,1-2H3,(H,31,35)(H,32,33). The van der Waals surface area contributed by atoms with Crippen LogP contribution in [-0.4, -0.2) is 44.4 Å². The van der Waals surface area contributed by atoms with E-state index in [1.807, 2.05) is 44.7 Å². The Hall–Kier alpha value is -4.37. The van der Waals surface area contributed by atoms with Gasteiger partial charge in [0.2, 0.25) is 5.91 Å². The van der Waals surface area contributed by atoms with E-state index in [2.05, 4.69) is 48.8 Å². The van der Waals surface area contributed by atoms with Crippen molar-refractivity contribution in [2.24, 2.45) is 0 Å². The lowest BCUT2D eigenvalue weighted by Gasteiger charge is -2.26. The largest absolute Gasteiger partial charge is 0.369 e. The molecule has 1 aliphatic rings. The molecular formula is C27H23N7OS. The number of fused-ring (bicyclic) bond motifs is 2. The number of aromatic amines is 1. The Bertz CT molecular complexity index is 1620. The van der Waals surface area contributed by atoms with E-state index in [0.717, 1.165) is 61.9 Å². The molecule has 6 rings (SSSR count). The Kier molecular flexibility index (Phi) is 5.54. The monoisotopic (exact) mass is 493 g/mol. The number of hydrogen-bond donors (Lipinski definition) is 2. The Morgan fingerprint density at radius 3 is 2.86 bits per heavy atom. The van der Waals surface area contributed by atoms with Gasteiger partial charge < -0.3 is 15.2 Å². The van der Waals surface area contributed by atoms with Crippen molar-refractivity contribution in [2.75, 3.05) is 23.8 Å². The lowest BCUT2D eigenvalue weighted by molar-refractivity contribution is -0.115. The van der Waals surface area contributed by atoms with Crippen molar-refractivity contribution in [2.45, 2.75) is 13.3 Å². The van der Waals surface area contributed by atoms with Crippen LogP contribution in [0.2, 0.25) is 0 Å². The average molecular weight is 494 g/mol. The molecule has 0 bridgehead atoms. The molecule has 0 atom stereocenters. The van der Waals surface area contributed by atoms with Crippen molar-refractivity contribution < 1.29 is 4.79 Å². The number of nitrogens with one attached hydrogen (secondary N) is 2. The maximum Gasteiger partial charge on any atom is 0.224 e. The summed E-state index contributed by atoms with van der Waals surface area (Å²) >= 11 is 1.67. The van der Waals surface area contributed by atoms with Crippen molar-refractivity contribution in [3.8, 4) is 21.7 Å². The molecule has 9 heteroatoms. The Morgan fingerprint density at radius 2 is 2.03 bits per heavy atom. The van der Waals surface area contributed by atoms with E-state index < -0.39 is 0 Å². The fourth-order valence-corrected chi connectivity index (χ4v) is 5.09. The highest BCUT2D eigenvalue weighted by Gasteiger charge is 2.22. The summed E-state index contributed by atoms with van der Waals surface area (Å²) in [5, 5.41) is 4.93. The van der Waals surface area contributed by atoms with Gasteiger partial charge in [0.25, 0.3) is 0 Å². The molecular weight excluding hydrogens is 470 g/mol. The molecule has 0 spiro atoms. The fraction of sp³-hybridized carbons (Fsp3) is 0.148. The number of aromatic nitrogens is 5. The molecule has 5 aromatic rings. The highest BCUT2D eigenvalue weighted by atomic mass is 32.1. The number of likely N-dealkylation sites (N-methyl/N-ethyl adjacent to an activating group) is 1. The molecule has 178 valence electrons. The minimum atomic E-state index is -0.0551. The third-order valence-corrected chi connectivity index (χ3v) is 7.13. The van der Waals surface area contributed by atoms with Crippen LogP contribution >= 0.6 is 11.3 Å². The number of nitrogens with zero attached hydrogens (tertiary/aromatic N) is 5. The zero-order chi connectivity index (χ0) is 24.6. The normalized spacial score (nSPS) is 12.9. The van der Waals surface area contributed by atoms with E-state index in [0.29, 0.717) is 12.1 Å². The van der Waals surface area contributed by atoms with Gasteiger partial charge in [-0.25, -0.2) is 4.98 Å². The van der Waals surface area contributed by atoms with Crippen LogP contribution in [0.25, 0.3) is 38.3 Å². The number of carbonyl (C=O) groups is 1. The zero-order valence-corrected chi connectivity index (χ0v) is 20.6. The van der Waals surface area contributed by atoms with Gasteiger partial charge in [0, 0.05) is 59.5 Å². The van der Waals surface area contributed by atoms with Gasteiger partial charge in [-0.2, -0.15) is 0 Å². The number of H-pyrrole nitrogens is 1. The second-order valence-corrected chi connectivity index (χ2v) is 9.54. The molecule has 0 fully saturated rings. The van der Waals surface area contributed by atoms with Crippen molar-refractivity contribution >= 4 is 45.2 Å². The van der Waals surface area contributed by atoms with E-state index in [4.69, 9.17) is 9.97 Å². The number of carbonyl (C=O) groups excluding carboxylic acids is 1. The molecule has 1 aliphatic heterocycles. The number of hydrogen-bond acceptors (Lipinski definition) is 7. The topological polar surface area (TPSA) is 99.7 Å². The highest BCUT2D eigenvalue weighted by Crippen LogP contribution is 2.37. The van der Waals surface area contributed by atoms with Crippen molar-refractivity contribution in [1.82, 2.24) is 24.9 Å². The molecule has 1 amide bonds. The summed E-state index contributed by atoms with van der Waals surface area (Å²) in [6, 6.07) is 8.08. The molecule has 0 unspecified atom stereocenters. The van der Waals surface area contributed by atoms with E-state index in [-0.39, 0.29) is 5.91 Å². The van der Waals surface area contributed by atoms with E-state index in [1.54, 1.807) is 23.7 Å². The Labute approximate surface area is 211 Å². The van der Waals surface area contributed by atoms with Crippen LogP contribution in [0.1, 0.15) is 24.7 Å². The van der Waals surface area contributed by atoms with Crippen LogP contribution in [0.4, 0.5) is 11.4 Å². The van der Waals surface area contributed by atoms with Gasteiger partial charge in [0.05, 0.1) is 41.2 Å². The summed E-state index contributed by atoms with van der Waals surface area (Å²) < 4.78 is 0. The second kappa shape index (κ2) is 9.01.